The number of nitrogens with two attached hydrogens (primary N) is 2. The lowest BCUT2D eigenvalue weighted by atomic mass is 10.3. The summed E-state index contributed by atoms with van der Waals surface area (Å²) < 4.78 is 24.6. The lowest BCUT2D eigenvalue weighted by Crippen LogP contribution is -2.30. The van der Waals surface area contributed by atoms with Crippen molar-refractivity contribution < 1.29 is 8.42 Å². The highest BCUT2D eigenvalue weighted by Crippen LogP contribution is 2.08. The molecule has 1 rings (SSSR count). The second-order valence-corrected chi connectivity index (χ2v) is 3.92. The van der Waals surface area contributed by atoms with E-state index in [1.807, 2.05) is 0 Å². The summed E-state index contributed by atoms with van der Waals surface area (Å²) in [6.07, 6.45) is 1.48. The Hall–Kier alpha value is -1.12. The van der Waals surface area contributed by atoms with Crippen LogP contribution in [0.4, 0.5) is 5.82 Å². The van der Waals surface area contributed by atoms with Gasteiger partial charge in [0.15, 0.2) is 0 Å². The minimum atomic E-state index is -3.67. The van der Waals surface area contributed by atoms with Crippen LogP contribution in [-0.4, -0.2) is 18.2 Å². The lowest BCUT2D eigenvalue weighted by Gasteiger charge is -2.00. The summed E-state index contributed by atoms with van der Waals surface area (Å²) in [5, 5.41) is 8.57. The largest absolute Gasteiger partial charge is 0.384 e. The van der Waals surface area contributed by atoms with Gasteiger partial charge in [0.25, 0.3) is 10.2 Å². The summed E-state index contributed by atoms with van der Waals surface area (Å²) in [6, 6.07) is 0. The zero-order valence-electron chi connectivity index (χ0n) is 7.06. The molecule has 0 aliphatic rings. The Bertz CT molecular complexity index is 395. The average Bonchev–Trinajstić information content (AvgIpc) is 2.29. The van der Waals surface area contributed by atoms with Gasteiger partial charge in [0.2, 0.25) is 0 Å². The van der Waals surface area contributed by atoms with E-state index in [9.17, 15) is 8.42 Å². The molecule has 1 heterocycles. The van der Waals surface area contributed by atoms with Gasteiger partial charge in [-0.25, -0.2) is 5.14 Å². The average molecular weight is 205 g/mol. The molecule has 74 valence electrons. The standard InChI is InChI=1S/C5H11N5O2S/c1-10-5(6)4(2-8-10)3-9-13(7,11)12/h2,9H,3,6H2,1H3,(H2,7,11,12). The molecule has 0 saturated heterocycles. The van der Waals surface area contributed by atoms with Gasteiger partial charge >= 0.3 is 0 Å². The molecule has 0 aliphatic carbocycles. The van der Waals surface area contributed by atoms with Crippen LogP contribution >= 0.6 is 0 Å². The highest BCUT2D eigenvalue weighted by atomic mass is 32.2. The molecule has 0 saturated carbocycles. The fourth-order valence-electron chi connectivity index (χ4n) is 0.807. The number of rotatable bonds is 3. The molecule has 5 N–H and O–H groups in total. The number of anilines is 1. The molecule has 0 amide bonds. The summed E-state index contributed by atoms with van der Waals surface area (Å²) in [5.74, 6) is 0.413. The first kappa shape index (κ1) is 9.96. The summed E-state index contributed by atoms with van der Waals surface area (Å²) >= 11 is 0. The minimum Gasteiger partial charge on any atom is -0.384 e. The van der Waals surface area contributed by atoms with Crippen LogP contribution in [0.15, 0.2) is 6.20 Å². The third-order valence-corrected chi connectivity index (χ3v) is 2.07. The third-order valence-electron chi connectivity index (χ3n) is 1.53. The van der Waals surface area contributed by atoms with Gasteiger partial charge in [-0.05, 0) is 0 Å². The third kappa shape index (κ3) is 2.68. The molecule has 7 nitrogen and oxygen atoms in total. The molecule has 1 aromatic heterocycles. The van der Waals surface area contributed by atoms with Crippen molar-refractivity contribution in [1.82, 2.24) is 14.5 Å². The predicted octanol–water partition coefficient (Wildman–Crippen LogP) is -1.70. The van der Waals surface area contributed by atoms with Crippen molar-refractivity contribution in [3.05, 3.63) is 11.8 Å². The van der Waals surface area contributed by atoms with Crippen LogP contribution in [-0.2, 0) is 23.8 Å². The van der Waals surface area contributed by atoms with E-state index in [0.29, 0.717) is 11.4 Å². The maximum absolute atomic E-state index is 10.5. The van der Waals surface area contributed by atoms with E-state index in [1.54, 1.807) is 7.05 Å². The topological polar surface area (TPSA) is 116 Å². The first-order chi connectivity index (χ1) is 5.90. The second-order valence-electron chi connectivity index (χ2n) is 2.54. The van der Waals surface area contributed by atoms with E-state index >= 15 is 0 Å². The van der Waals surface area contributed by atoms with Gasteiger partial charge in [-0.3, -0.25) is 4.68 Å². The Morgan fingerprint density at radius 3 is 2.69 bits per heavy atom. The highest BCUT2D eigenvalue weighted by molar-refractivity contribution is 7.87. The van der Waals surface area contributed by atoms with Gasteiger partial charge in [0.1, 0.15) is 5.82 Å². The molecule has 0 fully saturated rings. The molecule has 8 heteroatoms. The van der Waals surface area contributed by atoms with E-state index in [-0.39, 0.29) is 6.54 Å². The number of aromatic nitrogens is 2. The normalized spacial score (nSPS) is 11.8. The van der Waals surface area contributed by atoms with Crippen molar-refractivity contribution >= 4 is 16.0 Å². The van der Waals surface area contributed by atoms with Crippen LogP contribution in [0.5, 0.6) is 0 Å². The van der Waals surface area contributed by atoms with E-state index < -0.39 is 10.2 Å². The second kappa shape index (κ2) is 3.32. The molecule has 0 atom stereocenters. The van der Waals surface area contributed by atoms with Crippen molar-refractivity contribution in [2.24, 2.45) is 12.2 Å². The molecule has 0 aromatic carbocycles. The van der Waals surface area contributed by atoms with Gasteiger partial charge in [-0.2, -0.15) is 18.2 Å². The van der Waals surface area contributed by atoms with Crippen molar-refractivity contribution in [2.75, 3.05) is 5.73 Å². The smallest absolute Gasteiger partial charge is 0.274 e. The van der Waals surface area contributed by atoms with Gasteiger partial charge in [-0.15, -0.1) is 0 Å². The Morgan fingerprint density at radius 2 is 2.31 bits per heavy atom. The van der Waals surface area contributed by atoms with E-state index in [4.69, 9.17) is 10.9 Å². The number of nitrogens with one attached hydrogen (secondary N) is 1. The van der Waals surface area contributed by atoms with Crippen LogP contribution in [0.1, 0.15) is 5.56 Å². The van der Waals surface area contributed by atoms with Crippen molar-refractivity contribution in [2.45, 2.75) is 6.54 Å². The zero-order chi connectivity index (χ0) is 10.1. The molecular formula is C5H11N5O2S. The summed E-state index contributed by atoms with van der Waals surface area (Å²) in [5.41, 5.74) is 6.15. The quantitative estimate of drug-likeness (QED) is 0.545. The maximum Gasteiger partial charge on any atom is 0.274 e. The Labute approximate surface area is 75.9 Å². The lowest BCUT2D eigenvalue weighted by molar-refractivity contribution is 0.583. The molecule has 1 aromatic rings. The highest BCUT2D eigenvalue weighted by Gasteiger charge is 2.07. The number of hydrogen-bond acceptors (Lipinski definition) is 4. The number of hydrogen-bond donors (Lipinski definition) is 3. The van der Waals surface area contributed by atoms with Gasteiger partial charge in [0, 0.05) is 19.2 Å². The van der Waals surface area contributed by atoms with E-state index in [1.165, 1.54) is 10.9 Å². The van der Waals surface area contributed by atoms with Crippen LogP contribution in [0.2, 0.25) is 0 Å². The summed E-state index contributed by atoms with van der Waals surface area (Å²) in [6.45, 7) is 0.0541. The Morgan fingerprint density at radius 1 is 1.69 bits per heavy atom. The number of nitrogen functional groups attached to an aromatic ring is 1. The maximum atomic E-state index is 10.5. The van der Waals surface area contributed by atoms with Crippen molar-refractivity contribution in [3.63, 3.8) is 0 Å². The van der Waals surface area contributed by atoms with Gasteiger partial charge in [-0.1, -0.05) is 0 Å². The summed E-state index contributed by atoms with van der Waals surface area (Å²) in [4.78, 5) is 0. The van der Waals surface area contributed by atoms with Gasteiger partial charge in [0.05, 0.1) is 6.20 Å². The Balaban J connectivity index is 2.71. The molecule has 0 bridgehead atoms. The van der Waals surface area contributed by atoms with Crippen LogP contribution in [0.3, 0.4) is 0 Å². The Kier molecular flexibility index (Phi) is 2.55. The molecule has 0 unspecified atom stereocenters. The van der Waals surface area contributed by atoms with Crippen LogP contribution in [0.25, 0.3) is 0 Å². The zero-order valence-corrected chi connectivity index (χ0v) is 7.87. The van der Waals surface area contributed by atoms with Gasteiger partial charge < -0.3 is 5.73 Å². The first-order valence-electron chi connectivity index (χ1n) is 3.44. The molecule has 0 aliphatic heterocycles. The summed E-state index contributed by atoms with van der Waals surface area (Å²) in [7, 11) is -2.01. The molecule has 0 radical (unpaired) electrons. The fraction of sp³-hybridized carbons (Fsp3) is 0.400. The fourth-order valence-corrected chi connectivity index (χ4v) is 1.16. The van der Waals surface area contributed by atoms with Crippen LogP contribution in [0, 0.1) is 0 Å². The monoisotopic (exact) mass is 205 g/mol. The number of nitrogens with zero attached hydrogens (tertiary/aromatic N) is 2. The van der Waals surface area contributed by atoms with Crippen molar-refractivity contribution in [3.8, 4) is 0 Å². The van der Waals surface area contributed by atoms with E-state index in [2.05, 4.69) is 9.82 Å². The molecular weight excluding hydrogens is 194 g/mol. The van der Waals surface area contributed by atoms with Crippen molar-refractivity contribution in [1.29, 1.82) is 0 Å². The molecule has 13 heavy (non-hydrogen) atoms. The molecule has 0 spiro atoms. The van der Waals surface area contributed by atoms with Crippen LogP contribution < -0.4 is 15.6 Å². The van der Waals surface area contributed by atoms with E-state index in [0.717, 1.165) is 0 Å². The minimum absolute atomic E-state index is 0.0541. The first-order valence-corrected chi connectivity index (χ1v) is 4.98. The number of aryl methyl sites for hydroxylation is 1. The predicted molar refractivity (Wildman–Crippen MR) is 47.6 cm³/mol. The SMILES string of the molecule is Cn1ncc(CNS(N)(=O)=O)c1N.